The van der Waals surface area contributed by atoms with E-state index in [0.29, 0.717) is 6.10 Å². The van der Waals surface area contributed by atoms with E-state index in [1.165, 1.54) is 0 Å². The van der Waals surface area contributed by atoms with E-state index in [2.05, 4.69) is 0 Å². The van der Waals surface area contributed by atoms with Crippen LogP contribution in [0.5, 0.6) is 0 Å². The van der Waals surface area contributed by atoms with Gasteiger partial charge in [0.05, 0.1) is 18.2 Å². The second-order valence-corrected chi connectivity index (χ2v) is 7.18. The molecule has 5 nitrogen and oxygen atoms in total. The lowest BCUT2D eigenvalue weighted by molar-refractivity contribution is -0.117. The summed E-state index contributed by atoms with van der Waals surface area (Å²) >= 11 is 0. The third kappa shape index (κ3) is 2.55. The molecule has 0 N–H and O–H groups in total. The summed E-state index contributed by atoms with van der Waals surface area (Å²) in [5.74, 6) is 0.144. The molecule has 1 amide bonds. The molecule has 0 aromatic heterocycles. The smallest absolute Gasteiger partial charge is 0.411 e. The lowest BCUT2D eigenvalue weighted by atomic mass is 9.97. The van der Waals surface area contributed by atoms with Crippen LogP contribution in [0.2, 0.25) is 0 Å². The van der Waals surface area contributed by atoms with Crippen LogP contribution >= 0.6 is 0 Å². The number of aldehydes is 1. The van der Waals surface area contributed by atoms with Crippen LogP contribution in [0.4, 0.5) is 4.79 Å². The van der Waals surface area contributed by atoms with Gasteiger partial charge in [-0.05, 0) is 46.5 Å². The molecule has 1 heterocycles. The van der Waals surface area contributed by atoms with Gasteiger partial charge in [0, 0.05) is 12.0 Å². The molecular weight excluding hydrogens is 258 g/mol. The number of hydrogen-bond acceptors (Lipinski definition) is 4. The van der Waals surface area contributed by atoms with Gasteiger partial charge in [-0.1, -0.05) is 0 Å². The molecule has 2 saturated carbocycles. The molecule has 0 unspecified atom stereocenters. The van der Waals surface area contributed by atoms with Gasteiger partial charge in [-0.25, -0.2) is 4.79 Å². The van der Waals surface area contributed by atoms with Crippen LogP contribution in [0.1, 0.15) is 46.5 Å². The van der Waals surface area contributed by atoms with Crippen LogP contribution in [0.3, 0.4) is 0 Å². The standard InChI is InChI=1S/C15H23NO4/c1-15(2,3)20-14(18)16-9-6-11(12(16)8-17)13(7-9)19-10-4-5-10/h8-13H,4-7H2,1-3H3/t9-,11-,12+,13+/m1/s1. The maximum absolute atomic E-state index is 12.3. The molecule has 3 fully saturated rings. The van der Waals surface area contributed by atoms with Gasteiger partial charge in [-0.3, -0.25) is 4.90 Å². The van der Waals surface area contributed by atoms with Crippen LogP contribution in [0.15, 0.2) is 0 Å². The van der Waals surface area contributed by atoms with Crippen molar-refractivity contribution in [3.63, 3.8) is 0 Å². The van der Waals surface area contributed by atoms with E-state index in [-0.39, 0.29) is 30.2 Å². The van der Waals surface area contributed by atoms with Crippen LogP contribution in [0.25, 0.3) is 0 Å². The Kier molecular flexibility index (Phi) is 3.27. The zero-order valence-electron chi connectivity index (χ0n) is 12.4. The lowest BCUT2D eigenvalue weighted by Crippen LogP contribution is -2.51. The summed E-state index contributed by atoms with van der Waals surface area (Å²) in [6.45, 7) is 5.52. The van der Waals surface area contributed by atoms with Gasteiger partial charge in [0.2, 0.25) is 0 Å². The highest BCUT2D eigenvalue weighted by Crippen LogP contribution is 2.45. The summed E-state index contributed by atoms with van der Waals surface area (Å²) in [4.78, 5) is 25.3. The number of piperidine rings is 1. The number of rotatable bonds is 3. The molecule has 112 valence electrons. The highest BCUT2D eigenvalue weighted by molar-refractivity contribution is 5.76. The van der Waals surface area contributed by atoms with Crippen molar-refractivity contribution >= 4 is 12.4 Å². The molecule has 2 bridgehead atoms. The van der Waals surface area contributed by atoms with E-state index < -0.39 is 5.60 Å². The average molecular weight is 281 g/mol. The summed E-state index contributed by atoms with van der Waals surface area (Å²) in [5, 5.41) is 0. The number of likely N-dealkylation sites (tertiary alicyclic amines) is 1. The van der Waals surface area contributed by atoms with Gasteiger partial charge < -0.3 is 14.3 Å². The predicted octanol–water partition coefficient (Wildman–Crippen LogP) is 2.13. The summed E-state index contributed by atoms with van der Waals surface area (Å²) < 4.78 is 11.4. The van der Waals surface area contributed by atoms with Crippen molar-refractivity contribution in [3.05, 3.63) is 0 Å². The number of fused-ring (bicyclic) bond motifs is 2. The molecule has 5 heteroatoms. The van der Waals surface area contributed by atoms with Crippen molar-refractivity contribution in [1.82, 2.24) is 4.90 Å². The SMILES string of the molecule is CC(C)(C)OC(=O)N1[C@@H]2C[C@@H]([C@@H](OC3CC3)C2)[C@@H]1C=O. The molecule has 2 aliphatic carbocycles. The summed E-state index contributed by atoms with van der Waals surface area (Å²) in [6.07, 6.45) is 5.02. The minimum absolute atomic E-state index is 0.0915. The summed E-state index contributed by atoms with van der Waals surface area (Å²) in [7, 11) is 0. The number of amides is 1. The Hall–Kier alpha value is -1.10. The van der Waals surface area contributed by atoms with E-state index in [1.807, 2.05) is 20.8 Å². The lowest BCUT2D eigenvalue weighted by Gasteiger charge is -2.37. The molecular formula is C15H23NO4. The Balaban J connectivity index is 1.68. The first-order chi connectivity index (χ1) is 9.39. The molecule has 20 heavy (non-hydrogen) atoms. The van der Waals surface area contributed by atoms with Crippen molar-refractivity contribution in [3.8, 4) is 0 Å². The van der Waals surface area contributed by atoms with Crippen molar-refractivity contribution in [2.24, 2.45) is 5.92 Å². The Labute approximate surface area is 119 Å². The van der Waals surface area contributed by atoms with E-state index in [4.69, 9.17) is 9.47 Å². The van der Waals surface area contributed by atoms with Crippen molar-refractivity contribution in [2.75, 3.05) is 0 Å². The zero-order chi connectivity index (χ0) is 14.5. The van der Waals surface area contributed by atoms with Crippen molar-refractivity contribution < 1.29 is 19.1 Å². The Morgan fingerprint density at radius 3 is 2.50 bits per heavy atom. The van der Waals surface area contributed by atoms with Crippen LogP contribution < -0.4 is 0 Å². The highest BCUT2D eigenvalue weighted by Gasteiger charge is 2.55. The highest BCUT2D eigenvalue weighted by atomic mass is 16.6. The van der Waals surface area contributed by atoms with Crippen LogP contribution in [0, 0.1) is 5.92 Å². The van der Waals surface area contributed by atoms with Gasteiger partial charge in [0.25, 0.3) is 0 Å². The zero-order valence-corrected chi connectivity index (χ0v) is 12.4. The van der Waals surface area contributed by atoms with Gasteiger partial charge in [0.1, 0.15) is 11.9 Å². The Morgan fingerprint density at radius 2 is 1.95 bits per heavy atom. The van der Waals surface area contributed by atoms with E-state index in [9.17, 15) is 9.59 Å². The van der Waals surface area contributed by atoms with Gasteiger partial charge in [-0.2, -0.15) is 0 Å². The average Bonchev–Trinajstić information content (AvgIpc) is 2.95. The molecule has 0 aromatic carbocycles. The molecule has 3 rings (SSSR count). The topological polar surface area (TPSA) is 55.8 Å². The molecule has 0 spiro atoms. The monoisotopic (exact) mass is 281 g/mol. The van der Waals surface area contributed by atoms with E-state index in [1.54, 1.807) is 4.90 Å². The molecule has 0 aromatic rings. The van der Waals surface area contributed by atoms with E-state index in [0.717, 1.165) is 32.0 Å². The Morgan fingerprint density at radius 1 is 1.25 bits per heavy atom. The number of nitrogens with zero attached hydrogens (tertiary/aromatic N) is 1. The molecule has 1 saturated heterocycles. The van der Waals surface area contributed by atoms with Crippen molar-refractivity contribution in [1.29, 1.82) is 0 Å². The van der Waals surface area contributed by atoms with Crippen LogP contribution in [-0.4, -0.2) is 47.2 Å². The first-order valence-corrected chi connectivity index (χ1v) is 7.51. The normalized spacial score (nSPS) is 36.2. The number of hydrogen-bond donors (Lipinski definition) is 0. The Bertz CT molecular complexity index is 413. The third-order valence-corrected chi connectivity index (χ3v) is 4.31. The predicted molar refractivity (Wildman–Crippen MR) is 72.3 cm³/mol. The fraction of sp³-hybridized carbons (Fsp3) is 0.867. The maximum atomic E-state index is 12.3. The summed E-state index contributed by atoms with van der Waals surface area (Å²) in [6, 6.07) is -0.291. The fourth-order valence-electron chi connectivity index (χ4n) is 3.40. The van der Waals surface area contributed by atoms with Gasteiger partial charge in [-0.15, -0.1) is 0 Å². The maximum Gasteiger partial charge on any atom is 0.411 e. The minimum Gasteiger partial charge on any atom is -0.444 e. The quantitative estimate of drug-likeness (QED) is 0.744. The fourth-order valence-corrected chi connectivity index (χ4v) is 3.40. The third-order valence-electron chi connectivity index (χ3n) is 4.31. The van der Waals surface area contributed by atoms with Gasteiger partial charge >= 0.3 is 6.09 Å². The second kappa shape index (κ2) is 4.72. The van der Waals surface area contributed by atoms with Crippen molar-refractivity contribution in [2.45, 2.75) is 76.3 Å². The molecule has 3 aliphatic rings. The molecule has 1 aliphatic heterocycles. The second-order valence-electron chi connectivity index (χ2n) is 7.18. The number of ether oxygens (including phenoxy) is 2. The minimum atomic E-state index is -0.531. The molecule has 0 radical (unpaired) electrons. The van der Waals surface area contributed by atoms with Crippen LogP contribution in [-0.2, 0) is 14.3 Å². The number of carbonyl (C=O) groups is 2. The first-order valence-electron chi connectivity index (χ1n) is 7.51. The molecule has 4 atom stereocenters. The van der Waals surface area contributed by atoms with E-state index >= 15 is 0 Å². The largest absolute Gasteiger partial charge is 0.444 e. The summed E-state index contributed by atoms with van der Waals surface area (Å²) in [5.41, 5.74) is -0.531. The number of carbonyl (C=O) groups excluding carboxylic acids is 2. The first kappa shape index (κ1) is 13.9. The van der Waals surface area contributed by atoms with Gasteiger partial charge in [0.15, 0.2) is 0 Å².